The van der Waals surface area contributed by atoms with Crippen molar-refractivity contribution < 1.29 is 14.3 Å². The predicted molar refractivity (Wildman–Crippen MR) is 172 cm³/mol. The van der Waals surface area contributed by atoms with E-state index in [0.717, 1.165) is 69.0 Å². The molecular weight excluding hydrogens is 562 g/mol. The highest BCUT2D eigenvalue weighted by Gasteiger charge is 2.43. The molecule has 0 aliphatic carbocycles. The fourth-order valence-electron chi connectivity index (χ4n) is 6.98. The second kappa shape index (κ2) is 14.0. The van der Waals surface area contributed by atoms with Gasteiger partial charge in [-0.1, -0.05) is 55.3 Å². The number of hydrogen-bond acceptors (Lipinski definition) is 6. The van der Waals surface area contributed by atoms with Crippen molar-refractivity contribution in [2.45, 2.75) is 64.6 Å². The van der Waals surface area contributed by atoms with Crippen LogP contribution >= 0.6 is 11.6 Å². The van der Waals surface area contributed by atoms with Gasteiger partial charge in [-0.15, -0.1) is 0 Å². The summed E-state index contributed by atoms with van der Waals surface area (Å²) in [6.45, 7) is 14.1. The summed E-state index contributed by atoms with van der Waals surface area (Å²) in [6.07, 6.45) is 2.04. The van der Waals surface area contributed by atoms with Gasteiger partial charge in [0.05, 0.1) is 18.0 Å². The van der Waals surface area contributed by atoms with Gasteiger partial charge in [0, 0.05) is 75.2 Å². The minimum absolute atomic E-state index is 0.0794. The van der Waals surface area contributed by atoms with Crippen LogP contribution in [0.2, 0.25) is 5.02 Å². The molecular formula is C34H48ClN5O3. The Hall–Kier alpha value is -2.65. The number of carbonyl (C=O) groups excluding carboxylic acids is 2. The van der Waals surface area contributed by atoms with Gasteiger partial charge in [-0.2, -0.15) is 0 Å². The number of benzene rings is 2. The Balaban J connectivity index is 1.31. The molecule has 0 radical (unpaired) electrons. The molecule has 8 nitrogen and oxygen atoms in total. The van der Waals surface area contributed by atoms with Gasteiger partial charge in [0.15, 0.2) is 0 Å². The maximum Gasteiger partial charge on any atom is 0.237 e. The van der Waals surface area contributed by atoms with Gasteiger partial charge in [-0.3, -0.25) is 14.5 Å². The van der Waals surface area contributed by atoms with E-state index in [1.807, 2.05) is 12.1 Å². The summed E-state index contributed by atoms with van der Waals surface area (Å²) in [7, 11) is 0. The normalized spacial score (nSPS) is 23.4. The van der Waals surface area contributed by atoms with Crippen molar-refractivity contribution in [3.05, 3.63) is 64.2 Å². The highest BCUT2D eigenvalue weighted by Crippen LogP contribution is 2.38. The van der Waals surface area contributed by atoms with Crippen molar-refractivity contribution in [2.75, 3.05) is 57.4 Å². The van der Waals surface area contributed by atoms with Gasteiger partial charge >= 0.3 is 0 Å². The third-order valence-electron chi connectivity index (χ3n) is 9.50. The molecule has 2 aromatic rings. The number of piperazine rings is 1. The van der Waals surface area contributed by atoms with Gasteiger partial charge < -0.3 is 25.6 Å². The Morgan fingerprint density at radius 2 is 1.65 bits per heavy atom. The molecule has 9 heteroatoms. The lowest BCUT2D eigenvalue weighted by atomic mass is 9.88. The third-order valence-corrected chi connectivity index (χ3v) is 9.75. The van der Waals surface area contributed by atoms with Gasteiger partial charge in [-0.05, 0) is 61.9 Å². The fraction of sp³-hybridized carbons (Fsp3) is 0.588. The number of carbonyl (C=O) groups is 2. The summed E-state index contributed by atoms with van der Waals surface area (Å²) in [5.41, 5.74) is 10.5. The average Bonchev–Trinajstić information content (AvgIpc) is 3.45. The number of ether oxygens (including phenoxy) is 1. The number of halogens is 1. The van der Waals surface area contributed by atoms with E-state index >= 15 is 0 Å². The monoisotopic (exact) mass is 609 g/mol. The first-order chi connectivity index (χ1) is 20.6. The van der Waals surface area contributed by atoms with Crippen LogP contribution in [-0.4, -0.2) is 86.2 Å². The van der Waals surface area contributed by atoms with Crippen LogP contribution < -0.4 is 16.0 Å². The summed E-state index contributed by atoms with van der Waals surface area (Å²) < 4.78 is 5.62. The van der Waals surface area contributed by atoms with Crippen LogP contribution in [0.25, 0.3) is 0 Å². The van der Waals surface area contributed by atoms with Crippen LogP contribution in [0.1, 0.15) is 62.3 Å². The van der Waals surface area contributed by atoms with Gasteiger partial charge in [-0.25, -0.2) is 0 Å². The molecule has 5 rings (SSSR count). The van der Waals surface area contributed by atoms with E-state index in [1.54, 1.807) is 6.92 Å². The van der Waals surface area contributed by atoms with Gasteiger partial charge in [0.25, 0.3) is 0 Å². The minimum atomic E-state index is -0.571. The second-order valence-electron chi connectivity index (χ2n) is 13.0. The van der Waals surface area contributed by atoms with E-state index < -0.39 is 6.04 Å². The van der Waals surface area contributed by atoms with Crippen molar-refractivity contribution >= 4 is 29.1 Å². The van der Waals surface area contributed by atoms with Crippen LogP contribution in [0.3, 0.4) is 0 Å². The maximum absolute atomic E-state index is 14.2. The lowest BCUT2D eigenvalue weighted by Crippen LogP contribution is -2.51. The third kappa shape index (κ3) is 7.36. The van der Waals surface area contributed by atoms with Crippen molar-refractivity contribution in [2.24, 2.45) is 17.6 Å². The van der Waals surface area contributed by atoms with Crippen molar-refractivity contribution in [3.8, 4) is 0 Å². The SMILES string of the molecule is Cc1ccc(N2CCN(C(=O)[C@@H]3CN(C4CCOCC4)C[C@H]3c3ccc(Cl)cc3)CC2)c([C@@H](NC(=O)[C@H](C)N)C(C)C)c1. The first-order valence-electron chi connectivity index (χ1n) is 15.9. The molecule has 3 aliphatic rings. The molecule has 0 aromatic heterocycles. The standard InChI is InChI=1S/C34H48ClN5O3/c1-22(2)32(37-33(41)24(4)36)28-19-23(3)5-10-31(28)38-13-15-39(16-14-38)34(42)30-21-40(27-11-17-43-18-12-27)20-29(30)25-6-8-26(35)9-7-25/h5-10,19,22,24,27,29-30,32H,11-18,20-21,36H2,1-4H3,(H,37,41)/t24-,29-,30+,32-/m0/s1. The van der Waals surface area contributed by atoms with Crippen molar-refractivity contribution in [1.29, 1.82) is 0 Å². The Kier molecular flexibility index (Phi) is 10.3. The number of nitrogens with two attached hydrogens (primary N) is 1. The molecule has 3 N–H and O–H groups in total. The molecule has 4 atom stereocenters. The Morgan fingerprint density at radius 1 is 0.977 bits per heavy atom. The van der Waals surface area contributed by atoms with Crippen LogP contribution in [0.4, 0.5) is 5.69 Å². The maximum atomic E-state index is 14.2. The quantitative estimate of drug-likeness (QED) is 0.462. The summed E-state index contributed by atoms with van der Waals surface area (Å²) in [5, 5.41) is 3.90. The number of rotatable bonds is 8. The van der Waals surface area contributed by atoms with E-state index in [-0.39, 0.29) is 35.6 Å². The average molecular weight is 610 g/mol. The number of anilines is 1. The number of likely N-dealkylation sites (tertiary alicyclic amines) is 1. The fourth-order valence-corrected chi connectivity index (χ4v) is 7.11. The highest BCUT2D eigenvalue weighted by molar-refractivity contribution is 6.30. The highest BCUT2D eigenvalue weighted by atomic mass is 35.5. The van der Waals surface area contributed by atoms with Crippen LogP contribution in [0, 0.1) is 18.8 Å². The summed E-state index contributed by atoms with van der Waals surface area (Å²) in [6, 6.07) is 14.3. The van der Waals surface area contributed by atoms with E-state index in [9.17, 15) is 9.59 Å². The largest absolute Gasteiger partial charge is 0.381 e. The van der Waals surface area contributed by atoms with Crippen LogP contribution in [0.5, 0.6) is 0 Å². The summed E-state index contributed by atoms with van der Waals surface area (Å²) >= 11 is 6.22. The Bertz CT molecular complexity index is 1260. The number of nitrogens with one attached hydrogen (secondary N) is 1. The molecule has 2 amide bonds. The van der Waals surface area contributed by atoms with Gasteiger partial charge in [0.1, 0.15) is 0 Å². The molecule has 3 fully saturated rings. The zero-order valence-corrected chi connectivity index (χ0v) is 26.9. The molecule has 0 unspecified atom stereocenters. The zero-order valence-electron chi connectivity index (χ0n) is 26.1. The Labute approximate surface area is 261 Å². The van der Waals surface area contributed by atoms with E-state index in [0.29, 0.717) is 24.2 Å². The second-order valence-corrected chi connectivity index (χ2v) is 13.4. The molecule has 0 saturated carbocycles. The summed E-state index contributed by atoms with van der Waals surface area (Å²) in [5.74, 6) is 0.363. The van der Waals surface area contributed by atoms with E-state index in [2.05, 4.69) is 71.1 Å². The van der Waals surface area contributed by atoms with Crippen LogP contribution in [-0.2, 0) is 14.3 Å². The molecule has 43 heavy (non-hydrogen) atoms. The topological polar surface area (TPSA) is 91.1 Å². The van der Waals surface area contributed by atoms with Crippen LogP contribution in [0.15, 0.2) is 42.5 Å². The van der Waals surface area contributed by atoms with Crippen molar-refractivity contribution in [3.63, 3.8) is 0 Å². The molecule has 0 bridgehead atoms. The van der Waals surface area contributed by atoms with Crippen molar-refractivity contribution in [1.82, 2.24) is 15.1 Å². The number of nitrogens with zero attached hydrogens (tertiary/aromatic N) is 3. The summed E-state index contributed by atoms with van der Waals surface area (Å²) in [4.78, 5) is 33.8. The first-order valence-corrected chi connectivity index (χ1v) is 16.3. The van der Waals surface area contributed by atoms with E-state index in [4.69, 9.17) is 22.1 Å². The molecule has 3 aliphatic heterocycles. The Morgan fingerprint density at radius 3 is 2.28 bits per heavy atom. The lowest BCUT2D eigenvalue weighted by molar-refractivity contribution is -0.136. The minimum Gasteiger partial charge on any atom is -0.381 e. The lowest BCUT2D eigenvalue weighted by Gasteiger charge is -2.39. The molecule has 2 aromatic carbocycles. The smallest absolute Gasteiger partial charge is 0.237 e. The molecule has 3 heterocycles. The molecule has 234 valence electrons. The number of hydrogen-bond donors (Lipinski definition) is 2. The number of aryl methyl sites for hydroxylation is 1. The molecule has 0 spiro atoms. The zero-order chi connectivity index (χ0) is 30.7. The first kappa shape index (κ1) is 31.8. The predicted octanol–water partition coefficient (Wildman–Crippen LogP) is 4.35. The molecule has 3 saturated heterocycles. The van der Waals surface area contributed by atoms with Gasteiger partial charge in [0.2, 0.25) is 11.8 Å². The van der Waals surface area contributed by atoms with E-state index in [1.165, 1.54) is 5.56 Å². The number of amides is 2.